The van der Waals surface area contributed by atoms with Crippen molar-refractivity contribution in [2.24, 2.45) is 10.9 Å². The molecule has 1 saturated heterocycles. The molecule has 0 saturated carbocycles. The first-order valence-electron chi connectivity index (χ1n) is 11.2. The molecule has 2 aliphatic heterocycles. The van der Waals surface area contributed by atoms with E-state index in [0.717, 1.165) is 64.9 Å². The molecule has 162 valence electrons. The Morgan fingerprint density at radius 2 is 1.86 bits per heavy atom. The van der Waals surface area contributed by atoms with Crippen molar-refractivity contribution in [3.8, 4) is 0 Å². The molecule has 1 unspecified atom stereocenters. The lowest BCUT2D eigenvalue weighted by atomic mass is 10.00. The van der Waals surface area contributed by atoms with Gasteiger partial charge >= 0.3 is 0 Å². The van der Waals surface area contributed by atoms with Crippen molar-refractivity contribution in [1.29, 1.82) is 0 Å². The number of nitrogens with zero attached hydrogens (tertiary/aromatic N) is 3. The molecule has 6 nitrogen and oxygen atoms in total. The van der Waals surface area contributed by atoms with Gasteiger partial charge in [0.2, 0.25) is 0 Å². The lowest BCUT2D eigenvalue weighted by molar-refractivity contribution is 0.00752. The Labute approximate surface area is 176 Å². The zero-order valence-corrected chi connectivity index (χ0v) is 18.5. The fourth-order valence-electron chi connectivity index (χ4n) is 4.37. The van der Waals surface area contributed by atoms with Crippen LogP contribution in [0.2, 0.25) is 0 Å². The highest BCUT2D eigenvalue weighted by Gasteiger charge is 2.23. The van der Waals surface area contributed by atoms with Gasteiger partial charge in [-0.2, -0.15) is 0 Å². The van der Waals surface area contributed by atoms with Gasteiger partial charge in [0.05, 0.1) is 13.2 Å². The molecule has 29 heavy (non-hydrogen) atoms. The van der Waals surface area contributed by atoms with E-state index in [1.807, 2.05) is 7.05 Å². The minimum atomic E-state index is 0.505. The SMILES string of the molecule is CN=C(NCCCN1CCc2ccccc2C1)NCC(C(C)C)N1CCOCC1. The van der Waals surface area contributed by atoms with E-state index in [9.17, 15) is 0 Å². The molecule has 0 amide bonds. The standard InChI is InChI=1S/C23H39N5O/c1-19(2)22(28-13-15-29-16-14-28)17-26-23(24-3)25-10-6-11-27-12-9-20-7-4-5-8-21(20)18-27/h4-5,7-8,19,22H,6,9-18H2,1-3H3,(H2,24,25,26). The number of nitrogens with one attached hydrogen (secondary N) is 2. The monoisotopic (exact) mass is 401 g/mol. The van der Waals surface area contributed by atoms with Crippen LogP contribution in [0.5, 0.6) is 0 Å². The van der Waals surface area contributed by atoms with Gasteiger partial charge in [-0.15, -0.1) is 0 Å². The second-order valence-electron chi connectivity index (χ2n) is 8.49. The minimum Gasteiger partial charge on any atom is -0.379 e. The number of morpholine rings is 1. The van der Waals surface area contributed by atoms with Crippen LogP contribution in [0.25, 0.3) is 0 Å². The molecule has 2 heterocycles. The molecule has 1 atom stereocenters. The topological polar surface area (TPSA) is 52.1 Å². The third-order valence-corrected chi connectivity index (χ3v) is 6.14. The highest BCUT2D eigenvalue weighted by Crippen LogP contribution is 2.18. The molecule has 6 heteroatoms. The third kappa shape index (κ3) is 6.69. The van der Waals surface area contributed by atoms with Crippen LogP contribution in [0.3, 0.4) is 0 Å². The maximum Gasteiger partial charge on any atom is 0.191 e. The molecular weight excluding hydrogens is 362 g/mol. The molecule has 1 aromatic rings. The van der Waals surface area contributed by atoms with E-state index in [1.165, 1.54) is 24.1 Å². The Balaban J connectivity index is 1.36. The summed E-state index contributed by atoms with van der Waals surface area (Å²) in [5.74, 6) is 1.51. The second-order valence-corrected chi connectivity index (χ2v) is 8.49. The van der Waals surface area contributed by atoms with Gasteiger partial charge in [0.1, 0.15) is 0 Å². The van der Waals surface area contributed by atoms with Crippen LogP contribution in [-0.4, -0.2) is 81.3 Å². The Bertz CT molecular complexity index is 642. The molecule has 0 bridgehead atoms. The number of rotatable bonds is 8. The average molecular weight is 402 g/mol. The molecular formula is C23H39N5O. The molecule has 1 aromatic carbocycles. The zero-order valence-electron chi connectivity index (χ0n) is 18.5. The van der Waals surface area contributed by atoms with Gasteiger partial charge in [-0.1, -0.05) is 38.1 Å². The summed E-state index contributed by atoms with van der Waals surface area (Å²) in [6, 6.07) is 9.35. The van der Waals surface area contributed by atoms with Crippen molar-refractivity contribution >= 4 is 5.96 Å². The molecule has 0 aliphatic carbocycles. The summed E-state index contributed by atoms with van der Waals surface area (Å²) in [5, 5.41) is 7.04. The predicted molar refractivity (Wildman–Crippen MR) is 120 cm³/mol. The number of aliphatic imine (C=N–C) groups is 1. The molecule has 0 aromatic heterocycles. The van der Waals surface area contributed by atoms with Crippen LogP contribution in [-0.2, 0) is 17.7 Å². The molecule has 0 spiro atoms. The highest BCUT2D eigenvalue weighted by atomic mass is 16.5. The summed E-state index contributed by atoms with van der Waals surface area (Å²) in [4.78, 5) is 9.52. The van der Waals surface area contributed by atoms with Gasteiger partial charge < -0.3 is 15.4 Å². The van der Waals surface area contributed by atoms with Crippen molar-refractivity contribution in [1.82, 2.24) is 20.4 Å². The molecule has 1 fully saturated rings. The number of guanidine groups is 1. The van der Waals surface area contributed by atoms with Crippen molar-refractivity contribution in [2.75, 3.05) is 59.5 Å². The van der Waals surface area contributed by atoms with Gasteiger partial charge in [-0.05, 0) is 29.9 Å². The highest BCUT2D eigenvalue weighted by molar-refractivity contribution is 5.79. The van der Waals surface area contributed by atoms with Crippen molar-refractivity contribution in [3.05, 3.63) is 35.4 Å². The number of fused-ring (bicyclic) bond motifs is 1. The Morgan fingerprint density at radius 3 is 2.59 bits per heavy atom. The van der Waals surface area contributed by atoms with Crippen molar-refractivity contribution in [3.63, 3.8) is 0 Å². The first-order chi connectivity index (χ1) is 14.2. The first-order valence-corrected chi connectivity index (χ1v) is 11.2. The lowest BCUT2D eigenvalue weighted by Crippen LogP contribution is -2.52. The predicted octanol–water partition coefficient (Wildman–Crippen LogP) is 1.96. The van der Waals surface area contributed by atoms with E-state index in [1.54, 1.807) is 0 Å². The smallest absolute Gasteiger partial charge is 0.191 e. The van der Waals surface area contributed by atoms with E-state index < -0.39 is 0 Å². The zero-order chi connectivity index (χ0) is 20.5. The van der Waals surface area contributed by atoms with E-state index in [0.29, 0.717) is 12.0 Å². The minimum absolute atomic E-state index is 0.505. The number of hydrogen-bond donors (Lipinski definition) is 2. The van der Waals surface area contributed by atoms with E-state index in [4.69, 9.17) is 4.74 Å². The summed E-state index contributed by atoms with van der Waals surface area (Å²) in [6.07, 6.45) is 2.30. The fraction of sp³-hybridized carbons (Fsp3) is 0.696. The largest absolute Gasteiger partial charge is 0.379 e. The second kappa shape index (κ2) is 11.5. The molecule has 2 N–H and O–H groups in total. The maximum atomic E-state index is 5.51. The Hall–Kier alpha value is -1.63. The fourth-order valence-corrected chi connectivity index (χ4v) is 4.37. The van der Waals surface area contributed by atoms with Crippen LogP contribution in [0, 0.1) is 5.92 Å². The quantitative estimate of drug-likeness (QED) is 0.396. The average Bonchev–Trinajstić information content (AvgIpc) is 2.75. The summed E-state index contributed by atoms with van der Waals surface area (Å²) in [7, 11) is 1.86. The maximum absolute atomic E-state index is 5.51. The van der Waals surface area contributed by atoms with Crippen LogP contribution in [0.15, 0.2) is 29.3 Å². The Kier molecular flexibility index (Phi) is 8.77. The molecule has 2 aliphatic rings. The van der Waals surface area contributed by atoms with E-state index in [-0.39, 0.29) is 0 Å². The number of benzene rings is 1. The lowest BCUT2D eigenvalue weighted by Gasteiger charge is -2.37. The molecule has 3 rings (SSSR count). The molecule has 0 radical (unpaired) electrons. The van der Waals surface area contributed by atoms with Gasteiger partial charge in [-0.3, -0.25) is 14.8 Å². The van der Waals surface area contributed by atoms with Gasteiger partial charge in [0, 0.05) is 58.9 Å². The number of hydrogen-bond acceptors (Lipinski definition) is 4. The summed E-state index contributed by atoms with van der Waals surface area (Å²) in [5.41, 5.74) is 3.01. The van der Waals surface area contributed by atoms with Crippen molar-refractivity contribution in [2.45, 2.75) is 39.3 Å². The normalized spacial score (nSPS) is 19.8. The van der Waals surface area contributed by atoms with Gasteiger partial charge in [-0.25, -0.2) is 0 Å². The summed E-state index contributed by atoms with van der Waals surface area (Å²) < 4.78 is 5.51. The van der Waals surface area contributed by atoms with E-state index >= 15 is 0 Å². The van der Waals surface area contributed by atoms with Gasteiger partial charge in [0.15, 0.2) is 5.96 Å². The van der Waals surface area contributed by atoms with Crippen LogP contribution in [0.4, 0.5) is 0 Å². The van der Waals surface area contributed by atoms with Crippen LogP contribution < -0.4 is 10.6 Å². The van der Waals surface area contributed by atoms with Crippen molar-refractivity contribution < 1.29 is 4.74 Å². The van der Waals surface area contributed by atoms with Crippen LogP contribution in [0.1, 0.15) is 31.4 Å². The number of ether oxygens (including phenoxy) is 1. The van der Waals surface area contributed by atoms with Crippen LogP contribution >= 0.6 is 0 Å². The third-order valence-electron chi connectivity index (χ3n) is 6.14. The summed E-state index contributed by atoms with van der Waals surface area (Å²) in [6.45, 7) is 13.6. The van der Waals surface area contributed by atoms with E-state index in [2.05, 4.69) is 63.5 Å². The summed E-state index contributed by atoms with van der Waals surface area (Å²) >= 11 is 0. The first kappa shape index (κ1) is 22.1. The Morgan fingerprint density at radius 1 is 1.10 bits per heavy atom. The van der Waals surface area contributed by atoms with Gasteiger partial charge in [0.25, 0.3) is 0 Å².